The summed E-state index contributed by atoms with van der Waals surface area (Å²) in [6.45, 7) is 4.73. The standard InChI is InChI=1S/C15H17N7S2/c1-2-22-7-10(6-18-22)13-19-11(8-23-13)12-9-24-15(20-12)21-14-16-4-3-5-17-14/h6-9H,2-5H2,1H3,(H2,16,17,20,21). The van der Waals surface area contributed by atoms with Crippen molar-refractivity contribution in [3.63, 3.8) is 0 Å². The molecule has 7 nitrogen and oxygen atoms in total. The Morgan fingerprint density at radius 2 is 2.12 bits per heavy atom. The number of thiazole rings is 2. The molecule has 1 aliphatic rings. The van der Waals surface area contributed by atoms with Gasteiger partial charge in [-0.05, 0) is 13.3 Å². The van der Waals surface area contributed by atoms with Crippen LogP contribution in [-0.4, -0.2) is 38.8 Å². The van der Waals surface area contributed by atoms with Crippen molar-refractivity contribution in [2.45, 2.75) is 19.9 Å². The first-order chi connectivity index (χ1) is 11.8. The summed E-state index contributed by atoms with van der Waals surface area (Å²) in [5, 5.41) is 16.6. The molecule has 124 valence electrons. The highest BCUT2D eigenvalue weighted by Crippen LogP contribution is 2.30. The van der Waals surface area contributed by atoms with E-state index in [1.54, 1.807) is 22.7 Å². The minimum Gasteiger partial charge on any atom is -0.356 e. The van der Waals surface area contributed by atoms with E-state index in [9.17, 15) is 0 Å². The van der Waals surface area contributed by atoms with E-state index in [0.717, 1.165) is 59.1 Å². The van der Waals surface area contributed by atoms with Gasteiger partial charge in [0.1, 0.15) is 16.4 Å². The summed E-state index contributed by atoms with van der Waals surface area (Å²) < 4.78 is 1.90. The molecule has 0 saturated heterocycles. The second-order valence-electron chi connectivity index (χ2n) is 5.30. The molecule has 24 heavy (non-hydrogen) atoms. The van der Waals surface area contributed by atoms with Crippen molar-refractivity contribution in [2.24, 2.45) is 4.99 Å². The summed E-state index contributed by atoms with van der Waals surface area (Å²) >= 11 is 3.17. The molecule has 0 fully saturated rings. The molecule has 9 heteroatoms. The Morgan fingerprint density at radius 1 is 1.25 bits per heavy atom. The lowest BCUT2D eigenvalue weighted by Gasteiger charge is -2.13. The molecule has 4 heterocycles. The minimum atomic E-state index is 0.799. The van der Waals surface area contributed by atoms with E-state index in [1.165, 1.54) is 0 Å². The zero-order chi connectivity index (χ0) is 16.4. The third-order valence-electron chi connectivity index (χ3n) is 3.60. The summed E-state index contributed by atoms with van der Waals surface area (Å²) in [5.41, 5.74) is 2.81. The molecule has 0 spiro atoms. The highest BCUT2D eigenvalue weighted by molar-refractivity contribution is 7.14. The van der Waals surface area contributed by atoms with E-state index >= 15 is 0 Å². The first-order valence-corrected chi connectivity index (χ1v) is 9.57. The van der Waals surface area contributed by atoms with Crippen molar-refractivity contribution >= 4 is 33.8 Å². The van der Waals surface area contributed by atoms with Gasteiger partial charge in [0.15, 0.2) is 11.1 Å². The lowest BCUT2D eigenvalue weighted by atomic mass is 10.3. The van der Waals surface area contributed by atoms with Gasteiger partial charge in [0.25, 0.3) is 0 Å². The van der Waals surface area contributed by atoms with Gasteiger partial charge in [0.2, 0.25) is 0 Å². The first-order valence-electron chi connectivity index (χ1n) is 7.81. The van der Waals surface area contributed by atoms with Crippen LogP contribution in [0.4, 0.5) is 5.13 Å². The molecule has 1 aliphatic heterocycles. The van der Waals surface area contributed by atoms with Crippen molar-refractivity contribution in [2.75, 3.05) is 18.4 Å². The van der Waals surface area contributed by atoms with E-state index < -0.39 is 0 Å². The Labute approximate surface area is 147 Å². The number of aliphatic imine (C=N–C) groups is 1. The highest BCUT2D eigenvalue weighted by Gasteiger charge is 2.12. The molecule has 0 unspecified atom stereocenters. The Hall–Kier alpha value is -2.26. The Kier molecular flexibility index (Phi) is 4.26. The highest BCUT2D eigenvalue weighted by atomic mass is 32.1. The van der Waals surface area contributed by atoms with E-state index in [2.05, 4.69) is 32.6 Å². The van der Waals surface area contributed by atoms with Gasteiger partial charge in [-0.25, -0.2) is 9.97 Å². The van der Waals surface area contributed by atoms with Crippen LogP contribution in [0.1, 0.15) is 13.3 Å². The third-order valence-corrected chi connectivity index (χ3v) is 5.25. The number of rotatable bonds is 4. The van der Waals surface area contributed by atoms with Crippen molar-refractivity contribution in [3.05, 3.63) is 23.2 Å². The van der Waals surface area contributed by atoms with Crippen molar-refractivity contribution in [1.82, 2.24) is 25.1 Å². The second-order valence-corrected chi connectivity index (χ2v) is 7.01. The average Bonchev–Trinajstić information content (AvgIpc) is 3.35. The number of anilines is 1. The maximum Gasteiger partial charge on any atom is 0.197 e. The molecular weight excluding hydrogens is 342 g/mol. The van der Waals surface area contributed by atoms with Crippen LogP contribution in [-0.2, 0) is 6.54 Å². The molecule has 2 N–H and O–H groups in total. The van der Waals surface area contributed by atoms with Gasteiger partial charge in [-0.3, -0.25) is 9.67 Å². The SMILES string of the molecule is CCn1cc(-c2nc(-c3csc(NC4=NCCCN4)n3)cs2)cn1. The van der Waals surface area contributed by atoms with Crippen LogP contribution in [0.3, 0.4) is 0 Å². The molecule has 4 rings (SSSR count). The van der Waals surface area contributed by atoms with Crippen LogP contribution in [0.5, 0.6) is 0 Å². The number of nitrogens with zero attached hydrogens (tertiary/aromatic N) is 5. The molecular formula is C15H17N7S2. The van der Waals surface area contributed by atoms with E-state index in [0.29, 0.717) is 0 Å². The van der Waals surface area contributed by atoms with Gasteiger partial charge in [-0.2, -0.15) is 5.10 Å². The normalized spacial score (nSPS) is 14.3. The van der Waals surface area contributed by atoms with Crippen molar-refractivity contribution < 1.29 is 0 Å². The topological polar surface area (TPSA) is 80.0 Å². The van der Waals surface area contributed by atoms with Crippen molar-refractivity contribution in [1.29, 1.82) is 0 Å². The maximum atomic E-state index is 4.69. The van der Waals surface area contributed by atoms with E-state index in [4.69, 9.17) is 4.98 Å². The molecule has 3 aromatic rings. The van der Waals surface area contributed by atoms with Gasteiger partial charge >= 0.3 is 0 Å². The Balaban J connectivity index is 1.51. The van der Waals surface area contributed by atoms with Gasteiger partial charge in [0.05, 0.1) is 6.20 Å². The molecule has 0 atom stereocenters. The van der Waals surface area contributed by atoms with Crippen LogP contribution in [0, 0.1) is 0 Å². The van der Waals surface area contributed by atoms with Gasteiger partial charge in [-0.15, -0.1) is 22.7 Å². The number of guanidine groups is 1. The average molecular weight is 359 g/mol. The van der Waals surface area contributed by atoms with Gasteiger partial charge in [0, 0.05) is 42.2 Å². The van der Waals surface area contributed by atoms with Crippen LogP contribution in [0.15, 0.2) is 28.1 Å². The van der Waals surface area contributed by atoms with Crippen molar-refractivity contribution in [3.8, 4) is 22.0 Å². The predicted molar refractivity (Wildman–Crippen MR) is 98.7 cm³/mol. The fourth-order valence-corrected chi connectivity index (χ4v) is 3.83. The minimum absolute atomic E-state index is 0.799. The lowest BCUT2D eigenvalue weighted by molar-refractivity contribution is 0.660. The van der Waals surface area contributed by atoms with E-state index in [-0.39, 0.29) is 0 Å². The smallest absolute Gasteiger partial charge is 0.197 e. The maximum absolute atomic E-state index is 4.69. The summed E-state index contributed by atoms with van der Waals surface area (Å²) in [4.78, 5) is 13.7. The summed E-state index contributed by atoms with van der Waals surface area (Å²) in [7, 11) is 0. The van der Waals surface area contributed by atoms with Gasteiger partial charge < -0.3 is 10.6 Å². The number of aryl methyl sites for hydroxylation is 1. The Morgan fingerprint density at radius 3 is 2.92 bits per heavy atom. The fourth-order valence-electron chi connectivity index (χ4n) is 2.34. The molecule has 0 amide bonds. The molecule has 3 aromatic heterocycles. The number of aromatic nitrogens is 4. The third kappa shape index (κ3) is 3.17. The molecule has 0 saturated carbocycles. The predicted octanol–water partition coefficient (Wildman–Crippen LogP) is 2.91. The summed E-state index contributed by atoms with van der Waals surface area (Å²) in [5.74, 6) is 0.799. The van der Waals surface area contributed by atoms with Crippen LogP contribution in [0.25, 0.3) is 22.0 Å². The van der Waals surface area contributed by atoms with E-state index in [1.807, 2.05) is 27.8 Å². The molecule has 0 aliphatic carbocycles. The van der Waals surface area contributed by atoms with Crippen LogP contribution >= 0.6 is 22.7 Å². The molecule has 0 bridgehead atoms. The first kappa shape index (κ1) is 15.3. The van der Waals surface area contributed by atoms with Crippen LogP contribution in [0.2, 0.25) is 0 Å². The monoisotopic (exact) mass is 359 g/mol. The molecule has 0 radical (unpaired) electrons. The fraction of sp³-hybridized carbons (Fsp3) is 0.333. The molecule has 0 aromatic carbocycles. The van der Waals surface area contributed by atoms with Crippen LogP contribution < -0.4 is 10.6 Å². The largest absolute Gasteiger partial charge is 0.356 e. The second kappa shape index (κ2) is 6.70. The number of nitrogens with one attached hydrogen (secondary N) is 2. The zero-order valence-electron chi connectivity index (χ0n) is 13.2. The number of hydrogen-bond acceptors (Lipinski definition) is 8. The van der Waals surface area contributed by atoms with Gasteiger partial charge in [-0.1, -0.05) is 0 Å². The number of hydrogen-bond donors (Lipinski definition) is 2. The Bertz CT molecular complexity index is 861. The summed E-state index contributed by atoms with van der Waals surface area (Å²) in [6, 6.07) is 0. The summed E-state index contributed by atoms with van der Waals surface area (Å²) in [6.07, 6.45) is 4.95. The quantitative estimate of drug-likeness (QED) is 0.749. The zero-order valence-corrected chi connectivity index (χ0v) is 14.8. The lowest BCUT2D eigenvalue weighted by Crippen LogP contribution is -2.35.